The fraction of sp³-hybridized carbons (Fsp3) is 0.0625. The Hall–Kier alpha value is -1.90. The Morgan fingerprint density at radius 2 is 1.79 bits per heavy atom. The summed E-state index contributed by atoms with van der Waals surface area (Å²) in [4.78, 5) is 3.93. The quantitative estimate of drug-likeness (QED) is 0.714. The largest absolute Gasteiger partial charge is 0.384 e. The molecule has 0 bridgehead atoms. The molecule has 19 heavy (non-hydrogen) atoms. The second-order valence-corrected chi connectivity index (χ2v) is 4.77. The van der Waals surface area contributed by atoms with Crippen LogP contribution in [0.15, 0.2) is 60.8 Å². The van der Waals surface area contributed by atoms with Gasteiger partial charge in [0.25, 0.3) is 0 Å². The van der Waals surface area contributed by atoms with Gasteiger partial charge >= 0.3 is 0 Å². The first-order chi connectivity index (χ1) is 9.25. The molecule has 1 atom stereocenters. The minimum absolute atomic E-state index is 0.386. The van der Waals surface area contributed by atoms with Crippen LogP contribution in [-0.4, -0.2) is 10.1 Å². The Bertz CT molecular complexity index is 721. The standard InChI is InChI=1S/C16H12ClNO/c17-15-10-12(8-9-18-15)16(19)14-7-3-5-11-4-1-2-6-13(11)14/h1-10,16,19H. The molecule has 3 aromatic rings. The van der Waals surface area contributed by atoms with Crippen LogP contribution in [0.4, 0.5) is 0 Å². The van der Waals surface area contributed by atoms with Gasteiger partial charge in [-0.2, -0.15) is 0 Å². The van der Waals surface area contributed by atoms with Crippen molar-refractivity contribution in [2.75, 3.05) is 0 Å². The number of rotatable bonds is 2. The van der Waals surface area contributed by atoms with Crippen molar-refractivity contribution in [1.82, 2.24) is 4.98 Å². The van der Waals surface area contributed by atoms with Crippen molar-refractivity contribution in [3.63, 3.8) is 0 Å². The predicted molar refractivity (Wildman–Crippen MR) is 77.3 cm³/mol. The van der Waals surface area contributed by atoms with Crippen LogP contribution >= 0.6 is 11.6 Å². The number of aliphatic hydroxyl groups is 1. The highest BCUT2D eigenvalue weighted by Gasteiger charge is 2.13. The molecule has 0 saturated heterocycles. The molecular weight excluding hydrogens is 258 g/mol. The van der Waals surface area contributed by atoms with Crippen LogP contribution in [0.3, 0.4) is 0 Å². The maximum atomic E-state index is 10.5. The van der Waals surface area contributed by atoms with Gasteiger partial charge in [0.15, 0.2) is 0 Å². The molecule has 1 aromatic heterocycles. The number of benzene rings is 2. The first-order valence-electron chi connectivity index (χ1n) is 6.03. The Morgan fingerprint density at radius 3 is 2.63 bits per heavy atom. The Kier molecular flexibility index (Phi) is 3.20. The number of nitrogens with zero attached hydrogens (tertiary/aromatic N) is 1. The SMILES string of the molecule is OC(c1ccnc(Cl)c1)c1cccc2ccccc12. The van der Waals surface area contributed by atoms with E-state index < -0.39 is 6.10 Å². The molecular formula is C16H12ClNO. The van der Waals surface area contributed by atoms with Crippen LogP contribution in [0.5, 0.6) is 0 Å². The molecule has 0 saturated carbocycles. The van der Waals surface area contributed by atoms with Crippen LogP contribution in [0, 0.1) is 0 Å². The summed E-state index contributed by atoms with van der Waals surface area (Å²) in [5.41, 5.74) is 1.62. The first kappa shape index (κ1) is 12.2. The number of halogens is 1. The molecule has 0 spiro atoms. The summed E-state index contributed by atoms with van der Waals surface area (Å²) < 4.78 is 0. The molecule has 0 aliphatic carbocycles. The topological polar surface area (TPSA) is 33.1 Å². The van der Waals surface area contributed by atoms with Gasteiger partial charge in [0, 0.05) is 6.20 Å². The van der Waals surface area contributed by atoms with Crippen molar-refractivity contribution in [2.24, 2.45) is 0 Å². The monoisotopic (exact) mass is 269 g/mol. The highest BCUT2D eigenvalue weighted by Crippen LogP contribution is 2.29. The van der Waals surface area contributed by atoms with Crippen molar-refractivity contribution in [2.45, 2.75) is 6.10 Å². The van der Waals surface area contributed by atoms with E-state index in [-0.39, 0.29) is 0 Å². The normalized spacial score (nSPS) is 12.5. The highest BCUT2D eigenvalue weighted by atomic mass is 35.5. The van der Waals surface area contributed by atoms with Crippen LogP contribution in [0.2, 0.25) is 5.15 Å². The highest BCUT2D eigenvalue weighted by molar-refractivity contribution is 6.29. The van der Waals surface area contributed by atoms with Crippen molar-refractivity contribution in [3.05, 3.63) is 77.1 Å². The summed E-state index contributed by atoms with van der Waals surface area (Å²) in [6.45, 7) is 0. The van der Waals surface area contributed by atoms with E-state index in [1.54, 1.807) is 18.3 Å². The van der Waals surface area contributed by atoms with E-state index in [4.69, 9.17) is 11.6 Å². The number of hydrogen-bond acceptors (Lipinski definition) is 2. The second-order valence-electron chi connectivity index (χ2n) is 4.38. The zero-order chi connectivity index (χ0) is 13.2. The molecule has 0 fully saturated rings. The summed E-state index contributed by atoms with van der Waals surface area (Å²) >= 11 is 5.87. The molecule has 3 rings (SSSR count). The molecule has 1 unspecified atom stereocenters. The van der Waals surface area contributed by atoms with Gasteiger partial charge in [0.2, 0.25) is 0 Å². The van der Waals surface area contributed by atoms with Gasteiger partial charge in [-0.1, -0.05) is 54.1 Å². The molecule has 1 heterocycles. The lowest BCUT2D eigenvalue weighted by molar-refractivity contribution is 0.222. The molecule has 0 aliphatic rings. The minimum Gasteiger partial charge on any atom is -0.384 e. The van der Waals surface area contributed by atoms with Gasteiger partial charge in [-0.15, -0.1) is 0 Å². The van der Waals surface area contributed by atoms with E-state index in [9.17, 15) is 5.11 Å². The van der Waals surface area contributed by atoms with Gasteiger partial charge in [-0.3, -0.25) is 0 Å². The second kappa shape index (κ2) is 5.00. The van der Waals surface area contributed by atoms with Gasteiger partial charge in [0.1, 0.15) is 11.3 Å². The Labute approximate surface area is 116 Å². The molecule has 0 aliphatic heterocycles. The van der Waals surface area contributed by atoms with Crippen molar-refractivity contribution < 1.29 is 5.11 Å². The smallest absolute Gasteiger partial charge is 0.129 e. The molecule has 0 radical (unpaired) electrons. The van der Waals surface area contributed by atoms with E-state index in [2.05, 4.69) is 4.98 Å². The van der Waals surface area contributed by atoms with E-state index in [1.165, 1.54) is 0 Å². The molecule has 0 amide bonds. The van der Waals surface area contributed by atoms with Crippen molar-refractivity contribution in [1.29, 1.82) is 0 Å². The van der Waals surface area contributed by atoms with E-state index in [0.29, 0.717) is 5.15 Å². The third kappa shape index (κ3) is 2.33. The average Bonchev–Trinajstić information content (AvgIpc) is 2.46. The van der Waals surface area contributed by atoms with Crippen LogP contribution < -0.4 is 0 Å². The average molecular weight is 270 g/mol. The molecule has 2 aromatic carbocycles. The zero-order valence-corrected chi connectivity index (χ0v) is 10.9. The van der Waals surface area contributed by atoms with Crippen molar-refractivity contribution in [3.8, 4) is 0 Å². The van der Waals surface area contributed by atoms with Gasteiger partial charge in [-0.05, 0) is 34.0 Å². The fourth-order valence-corrected chi connectivity index (χ4v) is 2.44. The molecule has 3 heteroatoms. The van der Waals surface area contributed by atoms with E-state index in [1.807, 2.05) is 42.5 Å². The third-order valence-electron chi connectivity index (χ3n) is 3.18. The van der Waals surface area contributed by atoms with Crippen LogP contribution in [0.1, 0.15) is 17.2 Å². The lowest BCUT2D eigenvalue weighted by Gasteiger charge is -2.14. The summed E-state index contributed by atoms with van der Waals surface area (Å²) in [7, 11) is 0. The van der Waals surface area contributed by atoms with Crippen LogP contribution in [-0.2, 0) is 0 Å². The van der Waals surface area contributed by atoms with Gasteiger partial charge in [-0.25, -0.2) is 4.98 Å². The minimum atomic E-state index is -0.702. The van der Waals surface area contributed by atoms with Crippen LogP contribution in [0.25, 0.3) is 10.8 Å². The maximum absolute atomic E-state index is 10.5. The fourth-order valence-electron chi connectivity index (χ4n) is 2.26. The first-order valence-corrected chi connectivity index (χ1v) is 6.41. The summed E-state index contributed by atoms with van der Waals surface area (Å²) in [6, 6.07) is 17.4. The number of aromatic nitrogens is 1. The maximum Gasteiger partial charge on any atom is 0.129 e. The number of pyridine rings is 1. The van der Waals surface area contributed by atoms with Gasteiger partial charge in [0.05, 0.1) is 0 Å². The Morgan fingerprint density at radius 1 is 1.00 bits per heavy atom. The summed E-state index contributed by atoms with van der Waals surface area (Å²) in [5.74, 6) is 0. The Balaban J connectivity index is 2.14. The van der Waals surface area contributed by atoms with Gasteiger partial charge < -0.3 is 5.11 Å². The zero-order valence-electron chi connectivity index (χ0n) is 10.1. The lowest BCUT2D eigenvalue weighted by atomic mass is 9.96. The number of fused-ring (bicyclic) bond motifs is 1. The molecule has 1 N–H and O–H groups in total. The summed E-state index contributed by atoms with van der Waals surface area (Å²) in [5, 5.41) is 13.1. The van der Waals surface area contributed by atoms with E-state index >= 15 is 0 Å². The number of aliphatic hydroxyl groups excluding tert-OH is 1. The molecule has 94 valence electrons. The third-order valence-corrected chi connectivity index (χ3v) is 3.39. The van der Waals surface area contributed by atoms with Crippen molar-refractivity contribution >= 4 is 22.4 Å². The summed E-state index contributed by atoms with van der Waals surface area (Å²) in [6.07, 6.45) is 0.901. The number of hydrogen-bond donors (Lipinski definition) is 1. The molecule has 2 nitrogen and oxygen atoms in total. The lowest BCUT2D eigenvalue weighted by Crippen LogP contribution is -2.00. The predicted octanol–water partition coefficient (Wildman–Crippen LogP) is 3.97. The van der Waals surface area contributed by atoms with E-state index in [0.717, 1.165) is 21.9 Å².